The summed E-state index contributed by atoms with van der Waals surface area (Å²) in [4.78, 5) is 25.2. The summed E-state index contributed by atoms with van der Waals surface area (Å²) < 4.78 is 12.6. The Morgan fingerprint density at radius 3 is 2.50 bits per heavy atom. The number of hydrogen-bond donors (Lipinski definition) is 0. The number of nitrogens with zero attached hydrogens (tertiary/aromatic N) is 1. The zero-order valence-corrected chi connectivity index (χ0v) is 16.7. The number of benzene rings is 2. The summed E-state index contributed by atoms with van der Waals surface area (Å²) in [5.41, 5.74) is 2.87. The number of fused-ring (bicyclic) bond motifs is 1. The van der Waals surface area contributed by atoms with E-state index in [1.54, 1.807) is 13.2 Å². The van der Waals surface area contributed by atoms with Crippen LogP contribution in [0.25, 0.3) is 10.8 Å². The van der Waals surface area contributed by atoms with Gasteiger partial charge >= 0.3 is 5.97 Å². The zero-order valence-electron chi connectivity index (χ0n) is 16.7. The number of ketones is 1. The monoisotopic (exact) mass is 379 g/mol. The van der Waals surface area contributed by atoms with Gasteiger partial charge in [0.2, 0.25) is 5.78 Å². The highest BCUT2D eigenvalue weighted by Gasteiger charge is 2.20. The van der Waals surface area contributed by atoms with Gasteiger partial charge in [-0.3, -0.25) is 4.79 Å². The highest BCUT2D eigenvalue weighted by Crippen LogP contribution is 2.22. The average Bonchev–Trinajstić information content (AvgIpc) is 2.99. The Hall–Kier alpha value is -2.92. The number of ether oxygens (including phenoxy) is 2. The van der Waals surface area contributed by atoms with Crippen molar-refractivity contribution in [1.82, 2.24) is 4.57 Å². The summed E-state index contributed by atoms with van der Waals surface area (Å²) in [5, 5.41) is 1.77. The molecule has 3 rings (SSSR count). The molecule has 0 fully saturated rings. The second-order valence-corrected chi connectivity index (χ2v) is 6.99. The van der Waals surface area contributed by atoms with Crippen molar-refractivity contribution in [3.8, 4) is 0 Å². The van der Waals surface area contributed by atoms with Crippen LogP contribution in [-0.4, -0.2) is 36.6 Å². The van der Waals surface area contributed by atoms with E-state index in [4.69, 9.17) is 9.47 Å². The van der Waals surface area contributed by atoms with Crippen molar-refractivity contribution in [1.29, 1.82) is 0 Å². The molecule has 0 radical (unpaired) electrons. The van der Waals surface area contributed by atoms with E-state index in [-0.39, 0.29) is 18.4 Å². The number of Topliss-reactive ketones (excluding diaryl/α,β-unsaturated/α-hetero) is 1. The van der Waals surface area contributed by atoms with Gasteiger partial charge in [0.1, 0.15) is 0 Å². The van der Waals surface area contributed by atoms with Gasteiger partial charge in [0, 0.05) is 24.1 Å². The smallest absolute Gasteiger partial charge is 0.339 e. The molecule has 0 N–H and O–H groups in total. The molecule has 0 aliphatic carbocycles. The van der Waals surface area contributed by atoms with Crippen LogP contribution in [0, 0.1) is 13.8 Å². The topological polar surface area (TPSA) is 57.5 Å². The van der Waals surface area contributed by atoms with Gasteiger partial charge in [-0.1, -0.05) is 36.4 Å². The predicted molar refractivity (Wildman–Crippen MR) is 109 cm³/mol. The molecule has 1 aromatic heterocycles. The quantitative estimate of drug-likeness (QED) is 0.448. The largest absolute Gasteiger partial charge is 0.454 e. The number of carbonyl (C=O) groups is 2. The molecule has 0 saturated heterocycles. The van der Waals surface area contributed by atoms with E-state index in [0.717, 1.165) is 22.2 Å². The lowest BCUT2D eigenvalue weighted by atomic mass is 10.0. The molecule has 2 aromatic carbocycles. The fourth-order valence-electron chi connectivity index (χ4n) is 3.74. The third-order valence-corrected chi connectivity index (χ3v) is 4.98. The highest BCUT2D eigenvalue weighted by atomic mass is 16.5. The maximum Gasteiger partial charge on any atom is 0.339 e. The van der Waals surface area contributed by atoms with Crippen molar-refractivity contribution < 1.29 is 19.1 Å². The van der Waals surface area contributed by atoms with E-state index in [1.807, 2.05) is 63.2 Å². The van der Waals surface area contributed by atoms with Crippen molar-refractivity contribution >= 4 is 22.5 Å². The molecule has 0 aliphatic heterocycles. The second kappa shape index (κ2) is 8.40. The molecule has 3 aromatic rings. The predicted octanol–water partition coefficient (Wildman–Crippen LogP) is 4.51. The molecular formula is C23H25NO4. The van der Waals surface area contributed by atoms with Crippen LogP contribution in [0.4, 0.5) is 0 Å². The fourth-order valence-corrected chi connectivity index (χ4v) is 3.74. The van der Waals surface area contributed by atoms with Crippen LogP contribution in [0.3, 0.4) is 0 Å². The highest BCUT2D eigenvalue weighted by molar-refractivity contribution is 6.06. The summed E-state index contributed by atoms with van der Waals surface area (Å²) in [6, 6.07) is 15.0. The molecule has 0 aliphatic rings. The molecule has 0 spiro atoms. The third-order valence-electron chi connectivity index (χ3n) is 4.98. The number of methoxy groups -OCH3 is 1. The summed E-state index contributed by atoms with van der Waals surface area (Å²) in [6.07, 6.45) is 0. The van der Waals surface area contributed by atoms with Crippen molar-refractivity contribution in [3.05, 3.63) is 71.0 Å². The van der Waals surface area contributed by atoms with Gasteiger partial charge in [0.15, 0.2) is 6.61 Å². The number of aromatic nitrogens is 1. The molecule has 0 amide bonds. The maximum atomic E-state index is 12.7. The van der Waals surface area contributed by atoms with E-state index >= 15 is 0 Å². The number of carbonyl (C=O) groups excluding carboxylic acids is 2. The minimum absolute atomic E-state index is 0.116. The average molecular weight is 379 g/mol. The molecular weight excluding hydrogens is 354 g/mol. The Labute approximate surface area is 164 Å². The fraction of sp³-hybridized carbons (Fsp3) is 0.304. The van der Waals surface area contributed by atoms with Crippen LogP contribution in [0.1, 0.15) is 45.1 Å². The minimum atomic E-state index is -0.494. The zero-order chi connectivity index (χ0) is 20.3. The first-order chi connectivity index (χ1) is 13.4. The lowest BCUT2D eigenvalue weighted by Gasteiger charge is -2.17. The Kier molecular flexibility index (Phi) is 5.95. The van der Waals surface area contributed by atoms with E-state index in [0.29, 0.717) is 17.7 Å². The first-order valence-electron chi connectivity index (χ1n) is 9.29. The number of esters is 1. The van der Waals surface area contributed by atoms with Crippen LogP contribution >= 0.6 is 0 Å². The standard InChI is InChI=1S/C23H25NO4/c1-15-12-21(17(3)24(15)16(2)13-27-4)22(25)14-28-23(26)20-11-7-9-18-8-5-6-10-19(18)20/h5-12,16H,13-14H2,1-4H3. The third kappa shape index (κ3) is 3.85. The van der Waals surface area contributed by atoms with Gasteiger partial charge in [0.05, 0.1) is 18.2 Å². The van der Waals surface area contributed by atoms with Crippen LogP contribution in [0.15, 0.2) is 48.5 Å². The van der Waals surface area contributed by atoms with E-state index in [9.17, 15) is 9.59 Å². The Morgan fingerprint density at radius 1 is 1.04 bits per heavy atom. The van der Waals surface area contributed by atoms with E-state index in [1.165, 1.54) is 0 Å². The van der Waals surface area contributed by atoms with Gasteiger partial charge in [0.25, 0.3) is 0 Å². The van der Waals surface area contributed by atoms with Gasteiger partial charge < -0.3 is 14.0 Å². The summed E-state index contributed by atoms with van der Waals surface area (Å²) >= 11 is 0. The SMILES string of the molecule is COCC(C)n1c(C)cc(C(=O)COC(=O)c2cccc3ccccc23)c1C. The Bertz CT molecular complexity index is 1010. The first-order valence-corrected chi connectivity index (χ1v) is 9.29. The number of rotatable bonds is 7. The van der Waals surface area contributed by atoms with Crippen LogP contribution in [0.5, 0.6) is 0 Å². The van der Waals surface area contributed by atoms with Crippen molar-refractivity contribution in [2.45, 2.75) is 26.8 Å². The maximum absolute atomic E-state index is 12.7. The molecule has 1 atom stereocenters. The summed E-state index contributed by atoms with van der Waals surface area (Å²) in [7, 11) is 1.66. The summed E-state index contributed by atoms with van der Waals surface area (Å²) in [5.74, 6) is -0.704. The number of hydrogen-bond acceptors (Lipinski definition) is 4. The lowest BCUT2D eigenvalue weighted by Crippen LogP contribution is -2.17. The molecule has 0 saturated carbocycles. The molecule has 28 heavy (non-hydrogen) atoms. The minimum Gasteiger partial charge on any atom is -0.454 e. The van der Waals surface area contributed by atoms with Crippen molar-refractivity contribution in [3.63, 3.8) is 0 Å². The molecule has 0 bridgehead atoms. The Morgan fingerprint density at radius 2 is 1.75 bits per heavy atom. The van der Waals surface area contributed by atoms with Crippen molar-refractivity contribution in [2.24, 2.45) is 0 Å². The normalized spacial score (nSPS) is 12.1. The van der Waals surface area contributed by atoms with Crippen LogP contribution in [-0.2, 0) is 9.47 Å². The van der Waals surface area contributed by atoms with Crippen LogP contribution < -0.4 is 0 Å². The first kappa shape index (κ1) is 19.8. The lowest BCUT2D eigenvalue weighted by molar-refractivity contribution is 0.0476. The molecule has 5 heteroatoms. The van der Waals surface area contributed by atoms with Gasteiger partial charge in [-0.05, 0) is 43.7 Å². The Balaban J connectivity index is 1.75. The van der Waals surface area contributed by atoms with Crippen LogP contribution in [0.2, 0.25) is 0 Å². The van der Waals surface area contributed by atoms with E-state index < -0.39 is 5.97 Å². The van der Waals surface area contributed by atoms with Crippen molar-refractivity contribution in [2.75, 3.05) is 20.3 Å². The van der Waals surface area contributed by atoms with Gasteiger partial charge in [-0.2, -0.15) is 0 Å². The second-order valence-electron chi connectivity index (χ2n) is 6.99. The van der Waals surface area contributed by atoms with Gasteiger partial charge in [-0.25, -0.2) is 4.79 Å². The van der Waals surface area contributed by atoms with E-state index in [2.05, 4.69) is 4.57 Å². The molecule has 1 heterocycles. The number of aryl methyl sites for hydroxylation is 1. The molecule has 1 unspecified atom stereocenters. The molecule has 5 nitrogen and oxygen atoms in total. The molecule has 146 valence electrons. The van der Waals surface area contributed by atoms with Gasteiger partial charge in [-0.15, -0.1) is 0 Å². The summed E-state index contributed by atoms with van der Waals surface area (Å²) in [6.45, 7) is 6.17.